The highest BCUT2D eigenvalue weighted by Crippen LogP contribution is 2.35. The minimum Gasteiger partial charge on any atom is -0.325 e. The molecule has 1 aromatic rings. The van der Waals surface area contributed by atoms with Gasteiger partial charge in [0.1, 0.15) is 0 Å². The van der Waals surface area contributed by atoms with E-state index < -0.39 is 0 Å². The zero-order valence-corrected chi connectivity index (χ0v) is 12.6. The highest BCUT2D eigenvalue weighted by Gasteiger charge is 2.39. The number of hydrogen-bond acceptors (Lipinski definition) is 3. The van der Waals surface area contributed by atoms with Crippen LogP contribution in [-0.2, 0) is 4.79 Å². The van der Waals surface area contributed by atoms with E-state index in [4.69, 9.17) is 0 Å². The van der Waals surface area contributed by atoms with E-state index in [1.54, 1.807) is 0 Å². The summed E-state index contributed by atoms with van der Waals surface area (Å²) in [6, 6.07) is 9.39. The third kappa shape index (κ3) is 3.38. The van der Waals surface area contributed by atoms with E-state index in [-0.39, 0.29) is 17.5 Å². The molecule has 1 fully saturated rings. The van der Waals surface area contributed by atoms with Gasteiger partial charge in [-0.05, 0) is 52.4 Å². The highest BCUT2D eigenvalue weighted by atomic mass is 16.2. The van der Waals surface area contributed by atoms with Gasteiger partial charge >= 0.3 is 0 Å². The Kier molecular flexibility index (Phi) is 4.78. The molecular weight excluding hydrogens is 250 g/mol. The molecule has 1 aliphatic carbocycles. The molecule has 1 amide bonds. The fourth-order valence-electron chi connectivity index (χ4n) is 2.57. The molecule has 1 aromatic carbocycles. The molecule has 2 rings (SSSR count). The van der Waals surface area contributed by atoms with Crippen LogP contribution in [0.5, 0.6) is 0 Å². The molecule has 4 heteroatoms. The SMILES string of the molecule is CC(NCC1(N(C)C)CCC1)C(=O)Nc1ccccc1. The number of benzene rings is 1. The second-order valence-electron chi connectivity index (χ2n) is 5.93. The first-order valence-corrected chi connectivity index (χ1v) is 7.30. The number of amides is 1. The van der Waals surface area contributed by atoms with Gasteiger partial charge in [0.2, 0.25) is 5.91 Å². The van der Waals surface area contributed by atoms with E-state index in [1.807, 2.05) is 37.3 Å². The van der Waals surface area contributed by atoms with Gasteiger partial charge in [0.15, 0.2) is 0 Å². The maximum atomic E-state index is 12.1. The Morgan fingerprint density at radius 1 is 1.30 bits per heavy atom. The first-order valence-electron chi connectivity index (χ1n) is 7.30. The molecule has 2 N–H and O–H groups in total. The summed E-state index contributed by atoms with van der Waals surface area (Å²) in [5.41, 5.74) is 1.08. The van der Waals surface area contributed by atoms with Gasteiger partial charge in [0, 0.05) is 17.8 Å². The number of para-hydroxylation sites is 1. The van der Waals surface area contributed by atoms with Gasteiger partial charge in [-0.25, -0.2) is 0 Å². The molecule has 110 valence electrons. The number of carbonyl (C=O) groups is 1. The monoisotopic (exact) mass is 275 g/mol. The van der Waals surface area contributed by atoms with Crippen molar-refractivity contribution in [2.75, 3.05) is 26.0 Å². The summed E-state index contributed by atoms with van der Waals surface area (Å²) in [5.74, 6) is 0.0180. The van der Waals surface area contributed by atoms with Crippen molar-refractivity contribution in [3.05, 3.63) is 30.3 Å². The largest absolute Gasteiger partial charge is 0.325 e. The summed E-state index contributed by atoms with van der Waals surface area (Å²) in [5, 5.41) is 6.30. The number of carbonyl (C=O) groups excluding carboxylic acids is 1. The van der Waals surface area contributed by atoms with Crippen LogP contribution in [0, 0.1) is 0 Å². The van der Waals surface area contributed by atoms with Gasteiger partial charge in [-0.3, -0.25) is 4.79 Å². The summed E-state index contributed by atoms with van der Waals surface area (Å²) < 4.78 is 0. The number of nitrogens with zero attached hydrogens (tertiary/aromatic N) is 1. The fraction of sp³-hybridized carbons (Fsp3) is 0.562. The molecule has 0 saturated heterocycles. The zero-order chi connectivity index (χ0) is 14.6. The van der Waals surface area contributed by atoms with Crippen LogP contribution in [0.3, 0.4) is 0 Å². The standard InChI is InChI=1S/C16H25N3O/c1-13(15(20)18-14-8-5-4-6-9-14)17-12-16(19(2)3)10-7-11-16/h4-6,8-9,13,17H,7,10-12H2,1-3H3,(H,18,20). The first-order chi connectivity index (χ1) is 9.53. The second kappa shape index (κ2) is 6.37. The molecule has 4 nitrogen and oxygen atoms in total. The Morgan fingerprint density at radius 2 is 1.95 bits per heavy atom. The second-order valence-corrected chi connectivity index (χ2v) is 5.93. The van der Waals surface area contributed by atoms with Crippen LogP contribution in [0.15, 0.2) is 30.3 Å². The lowest BCUT2D eigenvalue weighted by Gasteiger charge is -2.48. The Balaban J connectivity index is 1.82. The Bertz CT molecular complexity index is 440. The van der Waals surface area contributed by atoms with Crippen LogP contribution in [0.1, 0.15) is 26.2 Å². The van der Waals surface area contributed by atoms with Gasteiger partial charge in [0.05, 0.1) is 6.04 Å². The smallest absolute Gasteiger partial charge is 0.241 e. The Labute approximate surface area is 121 Å². The maximum Gasteiger partial charge on any atom is 0.241 e. The zero-order valence-electron chi connectivity index (χ0n) is 12.6. The number of hydrogen-bond donors (Lipinski definition) is 2. The predicted octanol–water partition coefficient (Wildman–Crippen LogP) is 2.09. The average Bonchev–Trinajstić information content (AvgIpc) is 2.37. The van der Waals surface area contributed by atoms with Crippen molar-refractivity contribution in [1.29, 1.82) is 0 Å². The minimum absolute atomic E-state index is 0.0180. The summed E-state index contributed by atoms with van der Waals surface area (Å²) in [6.07, 6.45) is 3.70. The Hall–Kier alpha value is -1.39. The first kappa shape index (κ1) is 15.0. The molecule has 0 aliphatic heterocycles. The number of anilines is 1. The van der Waals surface area contributed by atoms with Crippen LogP contribution >= 0.6 is 0 Å². The van der Waals surface area contributed by atoms with E-state index in [0.29, 0.717) is 0 Å². The van der Waals surface area contributed by atoms with Crippen molar-refractivity contribution < 1.29 is 4.79 Å². The minimum atomic E-state index is -0.187. The van der Waals surface area contributed by atoms with Crippen molar-refractivity contribution in [2.24, 2.45) is 0 Å². The lowest BCUT2D eigenvalue weighted by atomic mass is 9.75. The van der Waals surface area contributed by atoms with Crippen molar-refractivity contribution in [1.82, 2.24) is 10.2 Å². The molecule has 20 heavy (non-hydrogen) atoms. The van der Waals surface area contributed by atoms with Gasteiger partial charge in [-0.15, -0.1) is 0 Å². The molecule has 0 spiro atoms. The molecular formula is C16H25N3O. The van der Waals surface area contributed by atoms with Gasteiger partial charge in [-0.2, -0.15) is 0 Å². The Morgan fingerprint density at radius 3 is 2.45 bits per heavy atom. The third-order valence-electron chi connectivity index (χ3n) is 4.40. The van der Waals surface area contributed by atoms with E-state index in [9.17, 15) is 4.79 Å². The van der Waals surface area contributed by atoms with Crippen LogP contribution in [0.2, 0.25) is 0 Å². The molecule has 0 heterocycles. The normalized spacial score (nSPS) is 18.4. The third-order valence-corrected chi connectivity index (χ3v) is 4.40. The van der Waals surface area contributed by atoms with Crippen LogP contribution < -0.4 is 10.6 Å². The molecule has 0 aromatic heterocycles. The van der Waals surface area contributed by atoms with E-state index in [0.717, 1.165) is 12.2 Å². The number of nitrogens with one attached hydrogen (secondary N) is 2. The van der Waals surface area contributed by atoms with Crippen LogP contribution in [0.4, 0.5) is 5.69 Å². The van der Waals surface area contributed by atoms with Gasteiger partial charge in [0.25, 0.3) is 0 Å². The van der Waals surface area contributed by atoms with Crippen molar-refractivity contribution in [2.45, 2.75) is 37.8 Å². The predicted molar refractivity (Wildman–Crippen MR) is 82.8 cm³/mol. The van der Waals surface area contributed by atoms with E-state index >= 15 is 0 Å². The highest BCUT2D eigenvalue weighted by molar-refractivity contribution is 5.94. The molecule has 1 aliphatic rings. The maximum absolute atomic E-state index is 12.1. The van der Waals surface area contributed by atoms with Gasteiger partial charge in [-0.1, -0.05) is 18.2 Å². The number of rotatable bonds is 6. The van der Waals surface area contributed by atoms with Crippen molar-refractivity contribution >= 4 is 11.6 Å². The quantitative estimate of drug-likeness (QED) is 0.835. The van der Waals surface area contributed by atoms with Crippen molar-refractivity contribution in [3.63, 3.8) is 0 Å². The lowest BCUT2D eigenvalue weighted by Crippen LogP contribution is -2.58. The van der Waals surface area contributed by atoms with E-state index in [2.05, 4.69) is 29.6 Å². The van der Waals surface area contributed by atoms with Crippen LogP contribution in [0.25, 0.3) is 0 Å². The topological polar surface area (TPSA) is 44.4 Å². The van der Waals surface area contributed by atoms with Crippen LogP contribution in [-0.4, -0.2) is 43.0 Å². The molecule has 1 unspecified atom stereocenters. The summed E-state index contributed by atoms with van der Waals surface area (Å²) in [4.78, 5) is 14.4. The molecule has 0 bridgehead atoms. The molecule has 0 radical (unpaired) electrons. The van der Waals surface area contributed by atoms with Crippen molar-refractivity contribution in [3.8, 4) is 0 Å². The summed E-state index contributed by atoms with van der Waals surface area (Å²) in [6.45, 7) is 2.78. The fourth-order valence-corrected chi connectivity index (χ4v) is 2.57. The molecule has 1 atom stereocenters. The summed E-state index contributed by atoms with van der Waals surface area (Å²) >= 11 is 0. The molecule has 1 saturated carbocycles. The lowest BCUT2D eigenvalue weighted by molar-refractivity contribution is -0.118. The average molecular weight is 275 g/mol. The van der Waals surface area contributed by atoms with Gasteiger partial charge < -0.3 is 15.5 Å². The van der Waals surface area contributed by atoms with E-state index in [1.165, 1.54) is 19.3 Å². The number of likely N-dealkylation sites (N-methyl/N-ethyl adjacent to an activating group) is 1. The summed E-state index contributed by atoms with van der Waals surface area (Å²) in [7, 11) is 4.24.